The Morgan fingerprint density at radius 1 is 1.38 bits per heavy atom. The summed E-state index contributed by atoms with van der Waals surface area (Å²) >= 11 is 0. The Kier molecular flexibility index (Phi) is 7.57. The van der Waals surface area contributed by atoms with Crippen LogP contribution in [0.5, 0.6) is 0 Å². The van der Waals surface area contributed by atoms with E-state index >= 15 is 0 Å². The lowest BCUT2D eigenvalue weighted by molar-refractivity contribution is -0.113. The molecule has 0 saturated carbocycles. The van der Waals surface area contributed by atoms with Gasteiger partial charge in [0.1, 0.15) is 5.70 Å². The van der Waals surface area contributed by atoms with Crippen LogP contribution in [0.15, 0.2) is 35.7 Å². The van der Waals surface area contributed by atoms with Crippen molar-refractivity contribution in [2.24, 2.45) is 5.73 Å². The lowest BCUT2D eigenvalue weighted by Gasteiger charge is -2.33. The van der Waals surface area contributed by atoms with Crippen LogP contribution in [-0.4, -0.2) is 30.3 Å². The number of halogens is 3. The predicted molar refractivity (Wildman–Crippen MR) is 81.3 cm³/mol. The van der Waals surface area contributed by atoms with Crippen LogP contribution in [0, 0.1) is 0 Å². The number of alkyl halides is 3. The van der Waals surface area contributed by atoms with E-state index < -0.39 is 18.0 Å². The molecule has 3 nitrogen and oxygen atoms in total. The molecule has 0 rings (SSSR count). The zero-order valence-corrected chi connectivity index (χ0v) is 13.4. The maximum absolute atomic E-state index is 13.0. The van der Waals surface area contributed by atoms with Gasteiger partial charge in [-0.05, 0) is 33.3 Å². The fraction of sp³-hybridized carbons (Fsp3) is 0.600. The third-order valence-corrected chi connectivity index (χ3v) is 2.92. The minimum absolute atomic E-state index is 0.313. The summed E-state index contributed by atoms with van der Waals surface area (Å²) in [7, 11) is 1.41. The summed E-state index contributed by atoms with van der Waals surface area (Å²) in [6.07, 6.45) is -1.71. The molecule has 0 unspecified atom stereocenters. The van der Waals surface area contributed by atoms with E-state index in [9.17, 15) is 13.2 Å². The van der Waals surface area contributed by atoms with Gasteiger partial charge in [0.05, 0.1) is 6.17 Å². The Hall–Kier alpha value is -1.43. The lowest BCUT2D eigenvalue weighted by Crippen LogP contribution is -2.46. The molecule has 0 fully saturated rings. The topological polar surface area (TPSA) is 41.3 Å². The van der Waals surface area contributed by atoms with E-state index in [1.165, 1.54) is 13.1 Å². The maximum Gasteiger partial charge on any atom is 0.430 e. The SMILES string of the molecule is C=C(C)/C=C(\N[C@H](C)N(C)/C(=C\CC)C(F)(F)F)[C@H](C)N. The molecule has 0 aliphatic carbocycles. The van der Waals surface area contributed by atoms with Crippen molar-refractivity contribution in [2.75, 3.05) is 7.05 Å². The highest BCUT2D eigenvalue weighted by Gasteiger charge is 2.37. The number of nitrogens with two attached hydrogens (primary N) is 1. The van der Waals surface area contributed by atoms with Crippen LogP contribution >= 0.6 is 0 Å². The molecule has 0 heterocycles. The second kappa shape index (κ2) is 8.12. The van der Waals surface area contributed by atoms with Gasteiger partial charge >= 0.3 is 6.18 Å². The van der Waals surface area contributed by atoms with Crippen molar-refractivity contribution < 1.29 is 13.2 Å². The first-order chi connectivity index (χ1) is 9.50. The Morgan fingerprint density at radius 2 is 1.90 bits per heavy atom. The van der Waals surface area contributed by atoms with E-state index in [0.717, 1.165) is 10.5 Å². The maximum atomic E-state index is 13.0. The van der Waals surface area contributed by atoms with E-state index in [2.05, 4.69) is 11.9 Å². The molecule has 0 saturated heterocycles. The molecular formula is C15H26F3N3. The fourth-order valence-electron chi connectivity index (χ4n) is 1.77. The van der Waals surface area contributed by atoms with Gasteiger partial charge in [-0.1, -0.05) is 25.2 Å². The molecule has 0 aliphatic rings. The van der Waals surface area contributed by atoms with Gasteiger partial charge in [-0.15, -0.1) is 0 Å². The molecule has 21 heavy (non-hydrogen) atoms. The number of nitrogens with one attached hydrogen (secondary N) is 1. The highest BCUT2D eigenvalue weighted by molar-refractivity contribution is 5.21. The van der Waals surface area contributed by atoms with E-state index in [4.69, 9.17) is 5.73 Å². The first kappa shape index (κ1) is 19.6. The summed E-state index contributed by atoms with van der Waals surface area (Å²) in [6.45, 7) is 10.7. The van der Waals surface area contributed by atoms with Gasteiger partial charge in [0, 0.05) is 18.8 Å². The van der Waals surface area contributed by atoms with Gasteiger partial charge in [-0.25, -0.2) is 0 Å². The average molecular weight is 305 g/mol. The highest BCUT2D eigenvalue weighted by Crippen LogP contribution is 2.29. The lowest BCUT2D eigenvalue weighted by atomic mass is 10.1. The summed E-state index contributed by atoms with van der Waals surface area (Å²) in [4.78, 5) is 1.16. The van der Waals surface area contributed by atoms with Crippen molar-refractivity contribution in [3.63, 3.8) is 0 Å². The van der Waals surface area contributed by atoms with Gasteiger partial charge in [-0.3, -0.25) is 0 Å². The second-order valence-corrected chi connectivity index (χ2v) is 5.16. The van der Waals surface area contributed by atoms with Crippen LogP contribution in [0.3, 0.4) is 0 Å². The quantitative estimate of drug-likeness (QED) is 0.558. The molecule has 0 spiro atoms. The molecule has 0 radical (unpaired) electrons. The van der Waals surface area contributed by atoms with E-state index in [-0.39, 0.29) is 6.04 Å². The first-order valence-corrected chi connectivity index (χ1v) is 6.90. The number of nitrogens with zero attached hydrogens (tertiary/aromatic N) is 1. The molecule has 0 aromatic carbocycles. The number of allylic oxidation sites excluding steroid dienone is 4. The summed E-state index contributed by atoms with van der Waals surface area (Å²) in [6, 6.07) is -0.318. The van der Waals surface area contributed by atoms with E-state index in [1.54, 1.807) is 33.8 Å². The van der Waals surface area contributed by atoms with Crippen LogP contribution in [0.2, 0.25) is 0 Å². The third kappa shape index (κ3) is 6.71. The van der Waals surface area contributed by atoms with Crippen LogP contribution in [0.4, 0.5) is 13.2 Å². The van der Waals surface area contributed by atoms with Crippen molar-refractivity contribution in [1.82, 2.24) is 10.2 Å². The standard InChI is InChI=1S/C15H26F3N3/c1-7-8-14(15(16,17)18)21(6)12(5)20-13(11(4)19)9-10(2)3/h8-9,11-12,20H,2,7,19H2,1,3-6H3/b13-9-,14-8-/t11-,12-/m0/s1. The van der Waals surface area contributed by atoms with Crippen molar-refractivity contribution in [3.05, 3.63) is 35.7 Å². The molecular weight excluding hydrogens is 279 g/mol. The van der Waals surface area contributed by atoms with Crippen molar-refractivity contribution in [3.8, 4) is 0 Å². The largest absolute Gasteiger partial charge is 0.430 e. The summed E-state index contributed by atoms with van der Waals surface area (Å²) < 4.78 is 39.1. The molecule has 0 aromatic heterocycles. The summed E-state index contributed by atoms with van der Waals surface area (Å²) in [5.41, 5.74) is 6.60. The third-order valence-electron chi connectivity index (χ3n) is 2.92. The Morgan fingerprint density at radius 3 is 2.24 bits per heavy atom. The first-order valence-electron chi connectivity index (χ1n) is 6.90. The van der Waals surface area contributed by atoms with Crippen molar-refractivity contribution in [2.45, 2.75) is 52.5 Å². The van der Waals surface area contributed by atoms with Crippen LogP contribution in [0.1, 0.15) is 34.1 Å². The van der Waals surface area contributed by atoms with Crippen molar-refractivity contribution in [1.29, 1.82) is 0 Å². The predicted octanol–water partition coefficient (Wildman–Crippen LogP) is 3.52. The van der Waals surface area contributed by atoms with Gasteiger partial charge in [0.2, 0.25) is 0 Å². The molecule has 0 bridgehead atoms. The molecule has 0 amide bonds. The molecule has 6 heteroatoms. The minimum Gasteiger partial charge on any atom is -0.368 e. The van der Waals surface area contributed by atoms with Crippen LogP contribution in [-0.2, 0) is 0 Å². The smallest absolute Gasteiger partial charge is 0.368 e. The zero-order valence-electron chi connectivity index (χ0n) is 13.4. The average Bonchev–Trinajstić information content (AvgIpc) is 2.32. The number of rotatable bonds is 7. The van der Waals surface area contributed by atoms with Gasteiger partial charge in [0.15, 0.2) is 0 Å². The van der Waals surface area contributed by atoms with Gasteiger partial charge in [0.25, 0.3) is 0 Å². The molecule has 122 valence electrons. The zero-order chi connectivity index (χ0) is 16.8. The Balaban J connectivity index is 5.19. The molecule has 2 atom stereocenters. The normalized spacial score (nSPS) is 16.4. The number of hydrogen-bond acceptors (Lipinski definition) is 3. The molecule has 0 aliphatic heterocycles. The number of hydrogen-bond donors (Lipinski definition) is 2. The highest BCUT2D eigenvalue weighted by atomic mass is 19.4. The molecule has 3 N–H and O–H groups in total. The van der Waals surface area contributed by atoms with E-state index in [1.807, 2.05) is 0 Å². The second-order valence-electron chi connectivity index (χ2n) is 5.16. The van der Waals surface area contributed by atoms with Crippen molar-refractivity contribution >= 4 is 0 Å². The van der Waals surface area contributed by atoms with E-state index in [0.29, 0.717) is 12.1 Å². The summed E-state index contributed by atoms with van der Waals surface area (Å²) in [5.74, 6) is 0. The Bertz CT molecular complexity index is 409. The molecule has 0 aromatic rings. The minimum atomic E-state index is -4.38. The fourth-order valence-corrected chi connectivity index (χ4v) is 1.77. The summed E-state index contributed by atoms with van der Waals surface area (Å²) in [5, 5.41) is 3.02. The monoisotopic (exact) mass is 305 g/mol. The van der Waals surface area contributed by atoms with Crippen LogP contribution < -0.4 is 11.1 Å². The van der Waals surface area contributed by atoms with Crippen LogP contribution in [0.25, 0.3) is 0 Å². The van der Waals surface area contributed by atoms with Gasteiger partial charge < -0.3 is 16.0 Å². The Labute approximate surface area is 125 Å². The van der Waals surface area contributed by atoms with Gasteiger partial charge in [-0.2, -0.15) is 13.2 Å².